The van der Waals surface area contributed by atoms with Crippen LogP contribution in [0.1, 0.15) is 25.0 Å². The molecule has 35 heavy (non-hydrogen) atoms. The number of benzene rings is 1. The lowest BCUT2D eigenvalue weighted by atomic mass is 9.96. The average molecular weight is 477 g/mol. The van der Waals surface area contributed by atoms with Gasteiger partial charge in [-0.25, -0.2) is 9.37 Å². The highest BCUT2D eigenvalue weighted by molar-refractivity contribution is 5.76. The van der Waals surface area contributed by atoms with Gasteiger partial charge in [0.2, 0.25) is 5.91 Å². The second kappa shape index (κ2) is 11.0. The maximum Gasteiger partial charge on any atom is 0.223 e. The Labute approximate surface area is 206 Å². The highest BCUT2D eigenvalue weighted by Crippen LogP contribution is 2.26. The van der Waals surface area contributed by atoms with Crippen molar-refractivity contribution in [2.75, 3.05) is 50.7 Å². The Morgan fingerprint density at radius 2 is 1.83 bits per heavy atom. The molecule has 0 aliphatic carbocycles. The second-order valence-electron chi connectivity index (χ2n) is 9.57. The summed E-state index contributed by atoms with van der Waals surface area (Å²) in [5, 5.41) is 0. The van der Waals surface area contributed by atoms with E-state index in [0.717, 1.165) is 63.8 Å². The molecule has 0 bridgehead atoms. The Morgan fingerprint density at radius 3 is 2.63 bits per heavy atom. The van der Waals surface area contributed by atoms with Crippen LogP contribution in [0.25, 0.3) is 11.3 Å². The minimum Gasteiger partial charge on any atom is -0.461 e. The van der Waals surface area contributed by atoms with Gasteiger partial charge < -0.3 is 14.2 Å². The van der Waals surface area contributed by atoms with Crippen LogP contribution in [0.4, 0.5) is 10.2 Å². The van der Waals surface area contributed by atoms with Gasteiger partial charge >= 0.3 is 0 Å². The number of hydrogen-bond donors (Lipinski definition) is 0. The number of anilines is 1. The zero-order valence-electron chi connectivity index (χ0n) is 20.1. The molecule has 7 heteroatoms. The van der Waals surface area contributed by atoms with Crippen molar-refractivity contribution in [2.24, 2.45) is 5.92 Å². The van der Waals surface area contributed by atoms with Crippen LogP contribution in [0.15, 0.2) is 65.2 Å². The van der Waals surface area contributed by atoms with E-state index >= 15 is 0 Å². The zero-order chi connectivity index (χ0) is 24.0. The number of carbonyl (C=O) groups excluding carboxylic acids is 1. The van der Waals surface area contributed by atoms with E-state index in [4.69, 9.17) is 4.42 Å². The Bertz CT molecular complexity index is 1110. The summed E-state index contributed by atoms with van der Waals surface area (Å²) in [6, 6.07) is 16.3. The lowest BCUT2D eigenvalue weighted by molar-refractivity contribution is -0.133. The number of likely N-dealkylation sites (tertiary alicyclic amines) is 1. The monoisotopic (exact) mass is 476 g/mol. The van der Waals surface area contributed by atoms with Crippen LogP contribution in [0, 0.1) is 11.7 Å². The Morgan fingerprint density at radius 1 is 1.00 bits per heavy atom. The third-order valence-corrected chi connectivity index (χ3v) is 7.12. The number of pyridine rings is 1. The summed E-state index contributed by atoms with van der Waals surface area (Å²) in [5.41, 5.74) is 0.449. The topological polar surface area (TPSA) is 52.8 Å². The van der Waals surface area contributed by atoms with Gasteiger partial charge in [-0.2, -0.15) is 0 Å². The van der Waals surface area contributed by atoms with Crippen molar-refractivity contribution in [3.8, 4) is 11.3 Å². The van der Waals surface area contributed by atoms with Crippen LogP contribution in [-0.4, -0.2) is 66.5 Å². The molecule has 3 aromatic rings. The van der Waals surface area contributed by atoms with Gasteiger partial charge in [0, 0.05) is 64.9 Å². The van der Waals surface area contributed by atoms with E-state index in [1.807, 2.05) is 29.3 Å². The minimum absolute atomic E-state index is 0.179. The van der Waals surface area contributed by atoms with Crippen molar-refractivity contribution < 1.29 is 13.6 Å². The first-order valence-electron chi connectivity index (χ1n) is 12.7. The highest BCUT2D eigenvalue weighted by Gasteiger charge is 2.27. The van der Waals surface area contributed by atoms with Gasteiger partial charge in [0.15, 0.2) is 0 Å². The lowest BCUT2D eigenvalue weighted by Gasteiger charge is -2.39. The zero-order valence-corrected chi connectivity index (χ0v) is 20.1. The number of aromatic nitrogens is 1. The number of aryl methyl sites for hydroxylation is 1. The molecule has 2 aromatic heterocycles. The number of hydrogen-bond acceptors (Lipinski definition) is 5. The predicted molar refractivity (Wildman–Crippen MR) is 135 cm³/mol. The van der Waals surface area contributed by atoms with E-state index in [1.165, 1.54) is 12.5 Å². The average Bonchev–Trinajstić information content (AvgIpc) is 3.37. The van der Waals surface area contributed by atoms with E-state index in [2.05, 4.69) is 20.9 Å². The number of piperidine rings is 1. The second-order valence-corrected chi connectivity index (χ2v) is 9.57. The Hall–Kier alpha value is -3.19. The first-order chi connectivity index (χ1) is 17.2. The van der Waals surface area contributed by atoms with Crippen molar-refractivity contribution in [2.45, 2.75) is 25.7 Å². The van der Waals surface area contributed by atoms with Crippen molar-refractivity contribution in [1.29, 1.82) is 0 Å². The molecule has 0 saturated carbocycles. The maximum atomic E-state index is 14.0. The van der Waals surface area contributed by atoms with Crippen LogP contribution >= 0.6 is 0 Å². The largest absolute Gasteiger partial charge is 0.461 e. The Kier molecular flexibility index (Phi) is 7.42. The third-order valence-electron chi connectivity index (χ3n) is 7.12. The summed E-state index contributed by atoms with van der Waals surface area (Å²) < 4.78 is 19.8. The summed E-state index contributed by atoms with van der Waals surface area (Å²) in [7, 11) is 0. The maximum absolute atomic E-state index is 14.0. The molecule has 1 unspecified atom stereocenters. The fourth-order valence-corrected chi connectivity index (χ4v) is 5.21. The molecule has 6 nitrogen and oxygen atoms in total. The lowest BCUT2D eigenvalue weighted by Crippen LogP contribution is -2.50. The molecule has 1 amide bonds. The number of carbonyl (C=O) groups is 1. The minimum atomic E-state index is -0.304. The molecule has 5 rings (SSSR count). The third kappa shape index (κ3) is 5.90. The summed E-state index contributed by atoms with van der Waals surface area (Å²) >= 11 is 0. The molecule has 2 fully saturated rings. The number of nitrogens with zero attached hydrogens (tertiary/aromatic N) is 4. The molecule has 184 valence electrons. The van der Waals surface area contributed by atoms with E-state index in [-0.39, 0.29) is 11.7 Å². The SMILES string of the molecule is O=C(CCc1ccc(-c2ccccc2F)o1)N1CCCC(CN2CCN(c3ccccn3)CC2)C1. The number of furan rings is 1. The van der Waals surface area contributed by atoms with E-state index in [1.54, 1.807) is 24.3 Å². The molecule has 0 N–H and O–H groups in total. The number of halogens is 1. The van der Waals surface area contributed by atoms with Gasteiger partial charge in [-0.15, -0.1) is 0 Å². The highest BCUT2D eigenvalue weighted by atomic mass is 19.1. The van der Waals surface area contributed by atoms with Gasteiger partial charge in [0.25, 0.3) is 0 Å². The van der Waals surface area contributed by atoms with Crippen LogP contribution in [0.3, 0.4) is 0 Å². The van der Waals surface area contributed by atoms with Crippen LogP contribution in [-0.2, 0) is 11.2 Å². The molecule has 1 atom stereocenters. The molecular formula is C28H33FN4O2. The fourth-order valence-electron chi connectivity index (χ4n) is 5.21. The Balaban J connectivity index is 1.08. The summed E-state index contributed by atoms with van der Waals surface area (Å²) in [6.45, 7) is 6.76. The van der Waals surface area contributed by atoms with E-state index in [0.29, 0.717) is 30.1 Å². The summed E-state index contributed by atoms with van der Waals surface area (Å²) in [4.78, 5) is 24.3. The first-order valence-corrected chi connectivity index (χ1v) is 12.7. The van der Waals surface area contributed by atoms with Crippen LogP contribution in [0.5, 0.6) is 0 Å². The van der Waals surface area contributed by atoms with E-state index < -0.39 is 0 Å². The number of piperazine rings is 1. The molecule has 2 aliphatic rings. The van der Waals surface area contributed by atoms with Crippen molar-refractivity contribution >= 4 is 11.7 Å². The van der Waals surface area contributed by atoms with Gasteiger partial charge in [-0.3, -0.25) is 9.69 Å². The molecule has 4 heterocycles. The van der Waals surface area contributed by atoms with Crippen molar-refractivity contribution in [3.05, 3.63) is 72.4 Å². The van der Waals surface area contributed by atoms with Gasteiger partial charge in [0.05, 0.1) is 5.56 Å². The molecule has 1 aromatic carbocycles. The van der Waals surface area contributed by atoms with Gasteiger partial charge in [-0.1, -0.05) is 18.2 Å². The smallest absolute Gasteiger partial charge is 0.223 e. The normalized spacial score (nSPS) is 19.2. The molecule has 2 saturated heterocycles. The standard InChI is InChI=1S/C28H33FN4O2/c29-25-8-2-1-7-24(25)26-12-10-23(35-26)11-13-28(34)33-15-5-6-22(21-33)20-31-16-18-32(19-17-31)27-9-3-4-14-30-27/h1-4,7-10,12,14,22H,5-6,11,13,15-21H2. The summed E-state index contributed by atoms with van der Waals surface area (Å²) in [6.07, 6.45) is 5.03. The van der Waals surface area contributed by atoms with Gasteiger partial charge in [-0.05, 0) is 55.2 Å². The molecule has 0 spiro atoms. The quantitative estimate of drug-likeness (QED) is 0.504. The fraction of sp³-hybridized carbons (Fsp3) is 0.429. The van der Waals surface area contributed by atoms with Crippen LogP contribution < -0.4 is 4.90 Å². The van der Waals surface area contributed by atoms with Crippen molar-refractivity contribution in [3.63, 3.8) is 0 Å². The molecular weight excluding hydrogens is 443 g/mol. The first kappa shape index (κ1) is 23.5. The number of amides is 1. The van der Waals surface area contributed by atoms with Gasteiger partial charge in [0.1, 0.15) is 23.2 Å². The number of rotatable bonds is 7. The predicted octanol–water partition coefficient (Wildman–Crippen LogP) is 4.47. The molecule has 2 aliphatic heterocycles. The van der Waals surface area contributed by atoms with Crippen LogP contribution in [0.2, 0.25) is 0 Å². The molecule has 0 radical (unpaired) electrons. The van der Waals surface area contributed by atoms with Crippen molar-refractivity contribution in [1.82, 2.24) is 14.8 Å². The summed E-state index contributed by atoms with van der Waals surface area (Å²) in [5.74, 6) is 2.67. The van der Waals surface area contributed by atoms with E-state index in [9.17, 15) is 9.18 Å².